The van der Waals surface area contributed by atoms with Crippen molar-refractivity contribution >= 4 is 10.0 Å². The minimum Gasteiger partial charge on any atom is -0.490 e. The lowest BCUT2D eigenvalue weighted by molar-refractivity contribution is 0.254. The van der Waals surface area contributed by atoms with Gasteiger partial charge < -0.3 is 10.5 Å². The summed E-state index contributed by atoms with van der Waals surface area (Å²) in [5, 5.41) is 0. The van der Waals surface area contributed by atoms with Crippen molar-refractivity contribution in [1.82, 2.24) is 4.72 Å². The standard InChI is InChI=1S/C17H20N2O3S/c1-12-9-14-10-15(7-8-17(14)22-12)23(20,21)19-11-16(18)13-5-3-2-4-6-13/h2-8,10,12,16,19H,9,11,18H2,1H3/t12-,16-/m0/s1. The van der Waals surface area contributed by atoms with E-state index in [-0.39, 0.29) is 23.6 Å². The number of nitrogens with one attached hydrogen (secondary N) is 1. The van der Waals surface area contributed by atoms with E-state index in [1.165, 1.54) is 0 Å². The highest BCUT2D eigenvalue weighted by atomic mass is 32.2. The Balaban J connectivity index is 1.71. The van der Waals surface area contributed by atoms with Gasteiger partial charge in [0.05, 0.1) is 4.90 Å². The Bertz CT molecular complexity index is 791. The van der Waals surface area contributed by atoms with Crippen LogP contribution >= 0.6 is 0 Å². The lowest BCUT2D eigenvalue weighted by atomic mass is 10.1. The molecular formula is C17H20N2O3S. The highest BCUT2D eigenvalue weighted by molar-refractivity contribution is 7.89. The predicted molar refractivity (Wildman–Crippen MR) is 88.8 cm³/mol. The lowest BCUT2D eigenvalue weighted by Crippen LogP contribution is -2.32. The summed E-state index contributed by atoms with van der Waals surface area (Å²) in [6, 6.07) is 14.0. The number of sulfonamides is 1. The molecule has 0 bridgehead atoms. The molecule has 0 radical (unpaired) electrons. The topological polar surface area (TPSA) is 81.4 Å². The third-order valence-electron chi connectivity index (χ3n) is 3.90. The van der Waals surface area contributed by atoms with E-state index in [0.29, 0.717) is 0 Å². The molecule has 2 aromatic carbocycles. The van der Waals surface area contributed by atoms with E-state index < -0.39 is 10.0 Å². The predicted octanol–water partition coefficient (Wildman–Crippen LogP) is 1.99. The molecular weight excluding hydrogens is 312 g/mol. The highest BCUT2D eigenvalue weighted by Gasteiger charge is 2.23. The van der Waals surface area contributed by atoms with Gasteiger partial charge in [0.15, 0.2) is 0 Å². The fraction of sp³-hybridized carbons (Fsp3) is 0.294. The van der Waals surface area contributed by atoms with E-state index in [9.17, 15) is 8.42 Å². The van der Waals surface area contributed by atoms with Gasteiger partial charge in [0.25, 0.3) is 0 Å². The summed E-state index contributed by atoms with van der Waals surface area (Å²) < 4.78 is 33.1. The molecule has 0 saturated heterocycles. The van der Waals surface area contributed by atoms with Crippen LogP contribution in [0.25, 0.3) is 0 Å². The average molecular weight is 332 g/mol. The molecule has 2 aromatic rings. The summed E-state index contributed by atoms with van der Waals surface area (Å²) in [7, 11) is -3.59. The van der Waals surface area contributed by atoms with Gasteiger partial charge in [0, 0.05) is 19.0 Å². The first-order chi connectivity index (χ1) is 11.0. The first-order valence-corrected chi connectivity index (χ1v) is 9.04. The Morgan fingerprint density at radius 1 is 1.26 bits per heavy atom. The fourth-order valence-electron chi connectivity index (χ4n) is 2.67. The summed E-state index contributed by atoms with van der Waals surface area (Å²) in [5.74, 6) is 0.762. The Hall–Kier alpha value is -1.89. The smallest absolute Gasteiger partial charge is 0.240 e. The van der Waals surface area contributed by atoms with Crippen molar-refractivity contribution in [2.45, 2.75) is 30.4 Å². The van der Waals surface area contributed by atoms with E-state index in [0.717, 1.165) is 23.3 Å². The maximum atomic E-state index is 12.4. The molecule has 0 saturated carbocycles. The second-order valence-corrected chi connectivity index (χ2v) is 7.54. The molecule has 1 heterocycles. The van der Waals surface area contributed by atoms with Crippen molar-refractivity contribution in [2.75, 3.05) is 6.54 Å². The molecule has 5 nitrogen and oxygen atoms in total. The maximum Gasteiger partial charge on any atom is 0.240 e. The molecule has 3 rings (SSSR count). The van der Waals surface area contributed by atoms with Crippen LogP contribution in [0.4, 0.5) is 0 Å². The van der Waals surface area contributed by atoms with Crippen LogP contribution in [0, 0.1) is 0 Å². The molecule has 1 aliphatic heterocycles. The molecule has 1 aliphatic rings. The fourth-order valence-corrected chi connectivity index (χ4v) is 3.78. The second kappa shape index (κ2) is 6.31. The molecule has 6 heteroatoms. The molecule has 0 unspecified atom stereocenters. The van der Waals surface area contributed by atoms with Crippen LogP contribution in [-0.2, 0) is 16.4 Å². The van der Waals surface area contributed by atoms with E-state index in [2.05, 4.69) is 4.72 Å². The zero-order valence-corrected chi connectivity index (χ0v) is 13.7. The van der Waals surface area contributed by atoms with Gasteiger partial charge in [-0.05, 0) is 36.2 Å². The quantitative estimate of drug-likeness (QED) is 0.877. The largest absolute Gasteiger partial charge is 0.490 e. The number of fused-ring (bicyclic) bond motifs is 1. The van der Waals surface area contributed by atoms with Gasteiger partial charge in [-0.2, -0.15) is 0 Å². The van der Waals surface area contributed by atoms with Gasteiger partial charge in [0.2, 0.25) is 10.0 Å². The van der Waals surface area contributed by atoms with Crippen molar-refractivity contribution in [1.29, 1.82) is 0 Å². The van der Waals surface area contributed by atoms with Gasteiger partial charge in [-0.1, -0.05) is 30.3 Å². The van der Waals surface area contributed by atoms with Crippen molar-refractivity contribution in [3.8, 4) is 5.75 Å². The third-order valence-corrected chi connectivity index (χ3v) is 5.32. The summed E-state index contributed by atoms with van der Waals surface area (Å²) >= 11 is 0. The van der Waals surface area contributed by atoms with Crippen LogP contribution in [-0.4, -0.2) is 21.1 Å². The minimum absolute atomic E-state index is 0.0856. The van der Waals surface area contributed by atoms with Crippen molar-refractivity contribution in [2.24, 2.45) is 5.73 Å². The third kappa shape index (κ3) is 3.55. The number of nitrogens with two attached hydrogens (primary N) is 1. The van der Waals surface area contributed by atoms with Crippen LogP contribution in [0.15, 0.2) is 53.4 Å². The molecule has 0 aliphatic carbocycles. The van der Waals surface area contributed by atoms with Gasteiger partial charge in [-0.3, -0.25) is 0 Å². The Morgan fingerprint density at radius 2 is 2.00 bits per heavy atom. The van der Waals surface area contributed by atoms with Crippen LogP contribution < -0.4 is 15.2 Å². The summed E-state index contributed by atoms with van der Waals surface area (Å²) in [5.41, 5.74) is 7.86. The highest BCUT2D eigenvalue weighted by Crippen LogP contribution is 2.30. The van der Waals surface area contributed by atoms with Crippen LogP contribution in [0.5, 0.6) is 5.75 Å². The SMILES string of the molecule is C[C@H]1Cc2cc(S(=O)(=O)NC[C@H](N)c3ccccc3)ccc2O1. The zero-order chi connectivity index (χ0) is 16.4. The zero-order valence-electron chi connectivity index (χ0n) is 12.9. The Kier molecular flexibility index (Phi) is 4.39. The number of ether oxygens (including phenoxy) is 1. The number of benzene rings is 2. The normalized spacial score (nSPS) is 18.3. The first kappa shape index (κ1) is 16.0. The summed E-state index contributed by atoms with van der Waals surface area (Å²) in [4.78, 5) is 0.245. The molecule has 0 aromatic heterocycles. The Labute approximate surface area is 136 Å². The van der Waals surface area contributed by atoms with Crippen LogP contribution in [0.2, 0.25) is 0 Å². The van der Waals surface area contributed by atoms with Crippen LogP contribution in [0.1, 0.15) is 24.1 Å². The molecule has 122 valence electrons. The minimum atomic E-state index is -3.59. The molecule has 0 amide bonds. The molecule has 0 fully saturated rings. The first-order valence-electron chi connectivity index (χ1n) is 7.55. The number of hydrogen-bond acceptors (Lipinski definition) is 4. The van der Waals surface area contributed by atoms with Gasteiger partial charge in [-0.15, -0.1) is 0 Å². The molecule has 23 heavy (non-hydrogen) atoms. The van der Waals surface area contributed by atoms with Gasteiger partial charge in [0.1, 0.15) is 11.9 Å². The summed E-state index contributed by atoms with van der Waals surface area (Å²) in [6.45, 7) is 2.11. The second-order valence-electron chi connectivity index (χ2n) is 5.77. The average Bonchev–Trinajstić information content (AvgIpc) is 2.92. The van der Waals surface area contributed by atoms with E-state index in [4.69, 9.17) is 10.5 Å². The van der Waals surface area contributed by atoms with Crippen molar-refractivity contribution in [3.05, 3.63) is 59.7 Å². The molecule has 2 atom stereocenters. The van der Waals surface area contributed by atoms with E-state index >= 15 is 0 Å². The monoisotopic (exact) mass is 332 g/mol. The summed E-state index contributed by atoms with van der Waals surface area (Å²) in [6.07, 6.45) is 0.810. The van der Waals surface area contributed by atoms with E-state index in [1.54, 1.807) is 18.2 Å². The van der Waals surface area contributed by atoms with Gasteiger partial charge >= 0.3 is 0 Å². The van der Waals surface area contributed by atoms with Crippen molar-refractivity contribution < 1.29 is 13.2 Å². The number of rotatable bonds is 5. The number of hydrogen-bond donors (Lipinski definition) is 2. The van der Waals surface area contributed by atoms with E-state index in [1.807, 2.05) is 37.3 Å². The molecule has 0 spiro atoms. The van der Waals surface area contributed by atoms with Gasteiger partial charge in [-0.25, -0.2) is 13.1 Å². The molecule has 3 N–H and O–H groups in total. The van der Waals surface area contributed by atoms with Crippen LogP contribution in [0.3, 0.4) is 0 Å². The van der Waals surface area contributed by atoms with Crippen molar-refractivity contribution in [3.63, 3.8) is 0 Å². The lowest BCUT2D eigenvalue weighted by Gasteiger charge is -2.14. The Morgan fingerprint density at radius 3 is 2.74 bits per heavy atom. The maximum absolute atomic E-state index is 12.4.